The highest BCUT2D eigenvalue weighted by molar-refractivity contribution is 7.71. The van der Waals surface area contributed by atoms with Gasteiger partial charge in [0, 0.05) is 13.1 Å². The summed E-state index contributed by atoms with van der Waals surface area (Å²) < 4.78 is 1.59. The highest BCUT2D eigenvalue weighted by Gasteiger charge is 2.13. The molecule has 1 heterocycles. The van der Waals surface area contributed by atoms with E-state index in [2.05, 4.69) is 4.98 Å². The van der Waals surface area contributed by atoms with Gasteiger partial charge in [-0.25, -0.2) is 0 Å². The molecule has 1 aromatic heterocycles. The van der Waals surface area contributed by atoms with Gasteiger partial charge in [0.15, 0.2) is 4.77 Å². The highest BCUT2D eigenvalue weighted by Crippen LogP contribution is 2.06. The Morgan fingerprint density at radius 2 is 1.95 bits per heavy atom. The maximum atomic E-state index is 12.4. The van der Waals surface area contributed by atoms with Crippen molar-refractivity contribution in [3.63, 3.8) is 0 Å². The van der Waals surface area contributed by atoms with Crippen LogP contribution in [-0.4, -0.2) is 33.4 Å². The summed E-state index contributed by atoms with van der Waals surface area (Å²) in [5.41, 5.74) is 0.457. The molecule has 0 radical (unpaired) electrons. The number of rotatable bonds is 4. The standard InChI is InChI=1S/C14H17N3O2S/c1-3-16(4-2)12(18)9-17-13(19)10-7-5-6-8-11(10)15-14(17)20/h5-8H,3-4,9H2,1-2H3,(H,15,20). The Bertz CT molecular complexity index is 744. The number of benzene rings is 1. The third-order valence-corrected chi connectivity index (χ3v) is 3.62. The molecule has 0 atom stereocenters. The zero-order valence-electron chi connectivity index (χ0n) is 11.5. The third-order valence-electron chi connectivity index (χ3n) is 3.30. The monoisotopic (exact) mass is 291 g/mol. The van der Waals surface area contributed by atoms with Gasteiger partial charge in [0.1, 0.15) is 6.54 Å². The first-order chi connectivity index (χ1) is 9.58. The van der Waals surface area contributed by atoms with E-state index in [1.165, 1.54) is 4.57 Å². The fourth-order valence-electron chi connectivity index (χ4n) is 2.15. The Kier molecular flexibility index (Phi) is 4.34. The van der Waals surface area contributed by atoms with Gasteiger partial charge in [-0.05, 0) is 38.2 Å². The minimum Gasteiger partial charge on any atom is -0.342 e. The van der Waals surface area contributed by atoms with Crippen molar-refractivity contribution in [2.75, 3.05) is 13.1 Å². The van der Waals surface area contributed by atoms with E-state index in [0.717, 1.165) is 0 Å². The van der Waals surface area contributed by atoms with Gasteiger partial charge in [-0.1, -0.05) is 12.1 Å². The minimum atomic E-state index is -0.232. The number of H-pyrrole nitrogens is 1. The summed E-state index contributed by atoms with van der Waals surface area (Å²) in [5, 5.41) is 0.536. The Morgan fingerprint density at radius 1 is 1.30 bits per heavy atom. The van der Waals surface area contributed by atoms with Gasteiger partial charge in [-0.3, -0.25) is 14.2 Å². The molecule has 20 heavy (non-hydrogen) atoms. The molecule has 5 nitrogen and oxygen atoms in total. The van der Waals surface area contributed by atoms with Gasteiger partial charge >= 0.3 is 0 Å². The van der Waals surface area contributed by atoms with Gasteiger partial charge < -0.3 is 9.88 Å². The van der Waals surface area contributed by atoms with E-state index in [-0.39, 0.29) is 22.8 Å². The third kappa shape index (κ3) is 2.65. The topological polar surface area (TPSA) is 58.1 Å². The number of likely N-dealkylation sites (N-methyl/N-ethyl adjacent to an activating group) is 1. The number of aromatic amines is 1. The molecule has 1 amide bonds. The molecule has 2 aromatic rings. The molecular formula is C14H17N3O2S. The van der Waals surface area contributed by atoms with E-state index in [9.17, 15) is 9.59 Å². The number of amides is 1. The summed E-state index contributed by atoms with van der Waals surface area (Å²) >= 11 is 5.18. The Hall–Kier alpha value is -1.95. The van der Waals surface area contributed by atoms with Crippen LogP contribution in [0.2, 0.25) is 0 Å². The first kappa shape index (κ1) is 14.5. The van der Waals surface area contributed by atoms with Crippen LogP contribution < -0.4 is 5.56 Å². The van der Waals surface area contributed by atoms with Crippen LogP contribution >= 0.6 is 12.2 Å². The second kappa shape index (κ2) is 6.00. The molecule has 1 aromatic carbocycles. The first-order valence-corrected chi connectivity index (χ1v) is 6.99. The lowest BCUT2D eigenvalue weighted by Crippen LogP contribution is -2.36. The van der Waals surface area contributed by atoms with Crippen LogP contribution in [0.25, 0.3) is 10.9 Å². The molecule has 0 spiro atoms. The Balaban J connectivity index is 2.48. The normalized spacial score (nSPS) is 10.7. The lowest BCUT2D eigenvalue weighted by molar-refractivity contribution is -0.131. The van der Waals surface area contributed by atoms with Crippen LogP contribution in [0.4, 0.5) is 0 Å². The lowest BCUT2D eigenvalue weighted by atomic mass is 10.2. The van der Waals surface area contributed by atoms with Gasteiger partial charge in [-0.2, -0.15) is 0 Å². The summed E-state index contributed by atoms with van der Waals surface area (Å²) in [6.45, 7) is 5.03. The summed E-state index contributed by atoms with van der Waals surface area (Å²) in [6.07, 6.45) is 0. The van der Waals surface area contributed by atoms with Crippen LogP contribution in [-0.2, 0) is 11.3 Å². The summed E-state index contributed by atoms with van der Waals surface area (Å²) in [7, 11) is 0. The predicted molar refractivity (Wildman–Crippen MR) is 81.3 cm³/mol. The molecule has 0 aliphatic carbocycles. The van der Waals surface area contributed by atoms with Crippen molar-refractivity contribution in [1.29, 1.82) is 0 Å². The van der Waals surface area contributed by atoms with E-state index in [1.54, 1.807) is 23.1 Å². The average molecular weight is 291 g/mol. The van der Waals surface area contributed by atoms with Crippen LogP contribution in [0.3, 0.4) is 0 Å². The summed E-state index contributed by atoms with van der Waals surface area (Å²) in [5.74, 6) is -0.105. The van der Waals surface area contributed by atoms with Crippen LogP contribution in [0.1, 0.15) is 13.8 Å². The molecule has 0 saturated carbocycles. The zero-order valence-corrected chi connectivity index (χ0v) is 12.4. The number of hydrogen-bond acceptors (Lipinski definition) is 3. The molecule has 6 heteroatoms. The molecule has 0 bridgehead atoms. The van der Waals surface area contributed by atoms with Gasteiger partial charge in [0.05, 0.1) is 10.9 Å². The van der Waals surface area contributed by atoms with Gasteiger partial charge in [-0.15, -0.1) is 0 Å². The Morgan fingerprint density at radius 3 is 2.60 bits per heavy atom. The predicted octanol–water partition coefficient (Wildman–Crippen LogP) is 1.93. The molecule has 106 valence electrons. The molecule has 2 rings (SSSR count). The van der Waals surface area contributed by atoms with Crippen LogP contribution in [0.15, 0.2) is 29.1 Å². The number of nitrogens with one attached hydrogen (secondary N) is 1. The maximum Gasteiger partial charge on any atom is 0.262 e. The Labute approximate surface area is 121 Å². The van der Waals surface area contributed by atoms with E-state index >= 15 is 0 Å². The first-order valence-electron chi connectivity index (χ1n) is 6.58. The van der Waals surface area contributed by atoms with Crippen molar-refractivity contribution in [2.45, 2.75) is 20.4 Å². The SMILES string of the molecule is CCN(CC)C(=O)Cn1c(=S)[nH]c2ccccc2c1=O. The van der Waals surface area contributed by atoms with Crippen molar-refractivity contribution >= 4 is 29.0 Å². The average Bonchev–Trinajstić information content (AvgIpc) is 2.45. The molecule has 1 N–H and O–H groups in total. The quantitative estimate of drug-likeness (QED) is 0.876. The second-order valence-electron chi connectivity index (χ2n) is 4.43. The number of nitrogens with zero attached hydrogens (tertiary/aromatic N) is 2. The van der Waals surface area contributed by atoms with Crippen LogP contribution in [0, 0.1) is 4.77 Å². The molecule has 0 aliphatic heterocycles. The van der Waals surface area contributed by atoms with Crippen LogP contribution in [0.5, 0.6) is 0 Å². The molecule has 0 unspecified atom stereocenters. The van der Waals surface area contributed by atoms with Crippen molar-refractivity contribution in [2.24, 2.45) is 0 Å². The molecule has 0 aliphatic rings. The number of fused-ring (bicyclic) bond motifs is 1. The zero-order chi connectivity index (χ0) is 14.7. The fraction of sp³-hybridized carbons (Fsp3) is 0.357. The number of hydrogen-bond donors (Lipinski definition) is 1. The van der Waals surface area contributed by atoms with E-state index in [1.807, 2.05) is 19.9 Å². The highest BCUT2D eigenvalue weighted by atomic mass is 32.1. The van der Waals surface area contributed by atoms with Crippen molar-refractivity contribution in [3.8, 4) is 0 Å². The van der Waals surface area contributed by atoms with Gasteiger partial charge in [0.2, 0.25) is 5.91 Å². The second-order valence-corrected chi connectivity index (χ2v) is 4.82. The number of aromatic nitrogens is 2. The fourth-order valence-corrected chi connectivity index (χ4v) is 2.41. The largest absolute Gasteiger partial charge is 0.342 e. The van der Waals surface area contributed by atoms with E-state index < -0.39 is 0 Å². The number of carbonyl (C=O) groups is 1. The number of carbonyl (C=O) groups excluding carboxylic acids is 1. The summed E-state index contributed by atoms with van der Waals surface area (Å²) in [6, 6.07) is 7.14. The molecule has 0 saturated heterocycles. The smallest absolute Gasteiger partial charge is 0.262 e. The summed E-state index contributed by atoms with van der Waals surface area (Å²) in [4.78, 5) is 29.2. The van der Waals surface area contributed by atoms with Crippen molar-refractivity contribution in [3.05, 3.63) is 39.4 Å². The van der Waals surface area contributed by atoms with E-state index in [4.69, 9.17) is 12.2 Å². The molecule has 0 fully saturated rings. The minimum absolute atomic E-state index is 0.0271. The maximum absolute atomic E-state index is 12.4. The van der Waals surface area contributed by atoms with Crippen molar-refractivity contribution < 1.29 is 4.79 Å². The van der Waals surface area contributed by atoms with Crippen molar-refractivity contribution in [1.82, 2.24) is 14.5 Å². The van der Waals surface area contributed by atoms with Gasteiger partial charge in [0.25, 0.3) is 5.56 Å². The molecular weight excluding hydrogens is 274 g/mol. The lowest BCUT2D eigenvalue weighted by Gasteiger charge is -2.19. The van der Waals surface area contributed by atoms with E-state index in [0.29, 0.717) is 24.0 Å². The number of para-hydroxylation sites is 1.